The monoisotopic (exact) mass is 603 g/mol. The predicted octanol–water partition coefficient (Wildman–Crippen LogP) is 5.34. The first kappa shape index (κ1) is 29.3. The lowest BCUT2D eigenvalue weighted by atomic mass is 10.1. The van der Waals surface area contributed by atoms with Crippen LogP contribution in [0.4, 0.5) is 5.69 Å². The number of benzene rings is 4. The number of rotatable bonds is 9. The Kier molecular flexibility index (Phi) is 8.65. The van der Waals surface area contributed by atoms with Crippen molar-refractivity contribution in [3.8, 4) is 11.3 Å². The van der Waals surface area contributed by atoms with Gasteiger partial charge in [0.2, 0.25) is 0 Å². The van der Waals surface area contributed by atoms with Gasteiger partial charge in [-0.15, -0.1) is 0 Å². The third-order valence-electron chi connectivity index (χ3n) is 7.26. The van der Waals surface area contributed by atoms with E-state index >= 15 is 0 Å². The molecule has 10 heteroatoms. The number of imidazole rings is 1. The largest absolute Gasteiger partial charge is 0.459 e. The summed E-state index contributed by atoms with van der Waals surface area (Å²) in [6.45, 7) is -0.285. The molecule has 45 heavy (non-hydrogen) atoms. The maximum atomic E-state index is 13.4. The number of ether oxygens (including phenoxy) is 4. The summed E-state index contributed by atoms with van der Waals surface area (Å²) in [6.07, 6.45) is -1.04. The van der Waals surface area contributed by atoms with Crippen LogP contribution in [0.3, 0.4) is 0 Å². The van der Waals surface area contributed by atoms with Crippen molar-refractivity contribution < 1.29 is 33.3 Å². The summed E-state index contributed by atoms with van der Waals surface area (Å²) in [5.41, 5.74) is 8.85. The Balaban J connectivity index is 1.34. The molecule has 1 aromatic heterocycles. The SMILES string of the molecule is Nc1cccc(-c2cn([C@@H]3O[C@H](COC(=O)c4ccccc4)[C@@H](OC(=O)c4ccccc4)[C@H]3OC(=O)c3ccccc3)cn2)c1. The van der Waals surface area contributed by atoms with Crippen molar-refractivity contribution in [1.29, 1.82) is 0 Å². The molecule has 0 spiro atoms. The van der Waals surface area contributed by atoms with Gasteiger partial charge in [0.15, 0.2) is 18.4 Å². The molecule has 10 nitrogen and oxygen atoms in total. The number of hydrogen-bond acceptors (Lipinski definition) is 9. The number of aromatic nitrogens is 2. The second-order valence-electron chi connectivity index (χ2n) is 10.3. The highest BCUT2D eigenvalue weighted by molar-refractivity contribution is 5.91. The zero-order valence-electron chi connectivity index (χ0n) is 24.0. The number of carbonyl (C=O) groups is 3. The summed E-state index contributed by atoms with van der Waals surface area (Å²) in [5, 5.41) is 0. The molecular formula is C35H29N3O7. The van der Waals surface area contributed by atoms with Crippen molar-refractivity contribution in [3.63, 3.8) is 0 Å². The lowest BCUT2D eigenvalue weighted by molar-refractivity contribution is -0.0620. The molecule has 0 aliphatic carbocycles. The van der Waals surface area contributed by atoms with Gasteiger partial charge in [-0.3, -0.25) is 0 Å². The molecule has 4 aromatic carbocycles. The highest BCUT2D eigenvalue weighted by atomic mass is 16.7. The summed E-state index contributed by atoms with van der Waals surface area (Å²) in [5.74, 6) is -1.88. The molecular weight excluding hydrogens is 574 g/mol. The molecule has 1 aliphatic heterocycles. The molecule has 2 N–H and O–H groups in total. The molecule has 0 amide bonds. The Hall–Kier alpha value is -5.74. The number of nitrogen functional groups attached to an aromatic ring is 1. The fraction of sp³-hybridized carbons (Fsp3) is 0.143. The lowest BCUT2D eigenvalue weighted by Crippen LogP contribution is -2.41. The van der Waals surface area contributed by atoms with Crippen LogP contribution in [0.25, 0.3) is 11.3 Å². The summed E-state index contributed by atoms with van der Waals surface area (Å²) in [6, 6.07) is 32.6. The number of nitrogens with two attached hydrogens (primary N) is 1. The van der Waals surface area contributed by atoms with Crippen LogP contribution in [0.15, 0.2) is 128 Å². The minimum absolute atomic E-state index is 0.285. The minimum atomic E-state index is -1.16. The van der Waals surface area contributed by atoms with Gasteiger partial charge < -0.3 is 29.2 Å². The number of esters is 3. The molecule has 226 valence electrons. The lowest BCUT2D eigenvalue weighted by Gasteiger charge is -2.24. The summed E-state index contributed by atoms with van der Waals surface area (Å²) in [4.78, 5) is 44.0. The second-order valence-corrected chi connectivity index (χ2v) is 10.3. The van der Waals surface area contributed by atoms with E-state index in [0.717, 1.165) is 5.56 Å². The first-order valence-electron chi connectivity index (χ1n) is 14.3. The minimum Gasteiger partial charge on any atom is -0.459 e. The molecule has 0 bridgehead atoms. The fourth-order valence-corrected chi connectivity index (χ4v) is 5.02. The van der Waals surface area contributed by atoms with Crippen molar-refractivity contribution >= 4 is 23.6 Å². The van der Waals surface area contributed by atoms with Crippen molar-refractivity contribution in [2.24, 2.45) is 0 Å². The zero-order valence-corrected chi connectivity index (χ0v) is 24.0. The van der Waals surface area contributed by atoms with Crippen molar-refractivity contribution in [3.05, 3.63) is 144 Å². The van der Waals surface area contributed by atoms with Gasteiger partial charge in [0, 0.05) is 17.4 Å². The third-order valence-corrected chi connectivity index (χ3v) is 7.26. The predicted molar refractivity (Wildman–Crippen MR) is 164 cm³/mol. The van der Waals surface area contributed by atoms with Gasteiger partial charge in [-0.25, -0.2) is 19.4 Å². The number of hydrogen-bond donors (Lipinski definition) is 1. The molecule has 0 saturated carbocycles. The molecule has 0 radical (unpaired) electrons. The van der Waals surface area contributed by atoms with Gasteiger partial charge in [0.25, 0.3) is 0 Å². The summed E-state index contributed by atoms with van der Waals surface area (Å²) in [7, 11) is 0. The van der Waals surface area contributed by atoms with E-state index in [-0.39, 0.29) is 6.61 Å². The summed E-state index contributed by atoms with van der Waals surface area (Å²) >= 11 is 0. The number of carbonyl (C=O) groups excluding carboxylic acids is 3. The Morgan fingerprint density at radius 1 is 0.711 bits per heavy atom. The molecule has 2 heterocycles. The maximum absolute atomic E-state index is 13.4. The van der Waals surface area contributed by atoms with E-state index in [1.807, 2.05) is 12.1 Å². The van der Waals surface area contributed by atoms with E-state index in [0.29, 0.717) is 28.1 Å². The molecule has 0 unspecified atom stereocenters. The Labute approximate surface area is 258 Å². The topological polar surface area (TPSA) is 132 Å². The first-order valence-corrected chi connectivity index (χ1v) is 14.3. The van der Waals surface area contributed by atoms with Gasteiger partial charge in [-0.2, -0.15) is 0 Å². The van der Waals surface area contributed by atoms with Crippen LogP contribution in [0.2, 0.25) is 0 Å². The second kappa shape index (κ2) is 13.3. The average Bonchev–Trinajstić information content (AvgIpc) is 3.70. The molecule has 1 fully saturated rings. The van der Waals surface area contributed by atoms with E-state index in [1.165, 1.54) is 6.33 Å². The fourth-order valence-electron chi connectivity index (χ4n) is 5.02. The van der Waals surface area contributed by atoms with E-state index < -0.39 is 42.4 Å². The molecule has 6 rings (SSSR count). The van der Waals surface area contributed by atoms with Crippen LogP contribution in [0, 0.1) is 0 Å². The van der Waals surface area contributed by atoms with Gasteiger partial charge in [0.05, 0.1) is 28.7 Å². The van der Waals surface area contributed by atoms with Gasteiger partial charge in [-0.1, -0.05) is 66.7 Å². The van der Waals surface area contributed by atoms with Crippen LogP contribution in [0.5, 0.6) is 0 Å². The van der Waals surface area contributed by atoms with Crippen molar-refractivity contribution in [1.82, 2.24) is 9.55 Å². The van der Waals surface area contributed by atoms with Crippen LogP contribution in [-0.4, -0.2) is 52.4 Å². The summed E-state index contributed by atoms with van der Waals surface area (Å²) < 4.78 is 25.6. The standard InChI is InChI=1S/C35H29N3O7/c36-27-18-10-17-26(19-27)28-20-38(22-37-28)32-31(45-35(41)25-15-8-3-9-16-25)30(44-34(40)24-13-6-2-7-14-24)29(43-32)21-42-33(39)23-11-4-1-5-12-23/h1-20,22,29-32H,21,36H2/t29-,30-,31-,32-/m1/s1. The smallest absolute Gasteiger partial charge is 0.338 e. The average molecular weight is 604 g/mol. The maximum Gasteiger partial charge on any atom is 0.338 e. The Morgan fingerprint density at radius 3 is 1.84 bits per heavy atom. The van der Waals surface area contributed by atoms with Gasteiger partial charge >= 0.3 is 17.9 Å². The highest BCUT2D eigenvalue weighted by Crippen LogP contribution is 2.36. The van der Waals surface area contributed by atoms with Gasteiger partial charge in [-0.05, 0) is 48.5 Å². The zero-order chi connectivity index (χ0) is 31.2. The Bertz CT molecular complexity index is 1780. The molecule has 4 atom stereocenters. The van der Waals surface area contributed by atoms with Crippen LogP contribution >= 0.6 is 0 Å². The van der Waals surface area contributed by atoms with Crippen LogP contribution < -0.4 is 5.73 Å². The quantitative estimate of drug-likeness (QED) is 0.135. The van der Waals surface area contributed by atoms with Crippen LogP contribution in [0.1, 0.15) is 37.3 Å². The van der Waals surface area contributed by atoms with E-state index in [1.54, 1.807) is 114 Å². The molecule has 5 aromatic rings. The van der Waals surface area contributed by atoms with E-state index in [9.17, 15) is 14.4 Å². The third kappa shape index (κ3) is 6.76. The van der Waals surface area contributed by atoms with Gasteiger partial charge in [0.1, 0.15) is 12.7 Å². The normalized spacial score (nSPS) is 19.0. The Morgan fingerprint density at radius 2 is 1.27 bits per heavy atom. The van der Waals surface area contributed by atoms with Crippen molar-refractivity contribution in [2.75, 3.05) is 12.3 Å². The molecule has 1 saturated heterocycles. The molecule has 1 aliphatic rings. The van der Waals surface area contributed by atoms with Crippen LogP contribution in [-0.2, 0) is 18.9 Å². The van der Waals surface area contributed by atoms with E-state index in [4.69, 9.17) is 24.7 Å². The van der Waals surface area contributed by atoms with Crippen molar-refractivity contribution in [2.45, 2.75) is 24.5 Å². The number of nitrogens with zero attached hydrogens (tertiary/aromatic N) is 2. The first-order chi connectivity index (χ1) is 22.0. The number of anilines is 1. The van der Waals surface area contributed by atoms with E-state index in [2.05, 4.69) is 4.98 Å². The highest BCUT2D eigenvalue weighted by Gasteiger charge is 2.51.